The van der Waals surface area contributed by atoms with Gasteiger partial charge in [0.05, 0.1) is 12.8 Å². The maximum atomic E-state index is 12.0. The van der Waals surface area contributed by atoms with E-state index in [1.165, 1.54) is 13.2 Å². The molecule has 0 aliphatic carbocycles. The van der Waals surface area contributed by atoms with E-state index in [2.05, 4.69) is 5.32 Å². The highest BCUT2D eigenvalue weighted by atomic mass is 16.5. The van der Waals surface area contributed by atoms with Gasteiger partial charge >= 0.3 is 5.97 Å². The van der Waals surface area contributed by atoms with Crippen LogP contribution in [-0.2, 0) is 14.3 Å². The standard InChI is InChI=1S/C22H19NO4/c1-26-20-12-5-4-11-19(20)23-21(24)15-27-22(25)14-13-17-9-6-8-16-7-2-3-10-18(16)17/h2-14H,15H2,1H3,(H,23,24). The third-order valence-electron chi connectivity index (χ3n) is 3.95. The quantitative estimate of drug-likeness (QED) is 0.531. The summed E-state index contributed by atoms with van der Waals surface area (Å²) in [6, 6.07) is 20.8. The second kappa shape index (κ2) is 8.67. The SMILES string of the molecule is COc1ccccc1NC(=O)COC(=O)C=Cc1cccc2ccccc12. The van der Waals surface area contributed by atoms with E-state index in [-0.39, 0.29) is 6.61 Å². The van der Waals surface area contributed by atoms with Crippen molar-refractivity contribution in [3.05, 3.63) is 78.4 Å². The molecule has 0 aliphatic heterocycles. The minimum absolute atomic E-state index is 0.378. The van der Waals surface area contributed by atoms with E-state index in [4.69, 9.17) is 9.47 Å². The number of nitrogens with one attached hydrogen (secondary N) is 1. The van der Waals surface area contributed by atoms with Gasteiger partial charge < -0.3 is 14.8 Å². The summed E-state index contributed by atoms with van der Waals surface area (Å²) in [6.07, 6.45) is 3.00. The number of carbonyl (C=O) groups is 2. The third kappa shape index (κ3) is 4.73. The molecular weight excluding hydrogens is 342 g/mol. The van der Waals surface area contributed by atoms with Crippen molar-refractivity contribution in [1.82, 2.24) is 0 Å². The Bertz CT molecular complexity index is 989. The number of hydrogen-bond donors (Lipinski definition) is 1. The van der Waals surface area contributed by atoms with E-state index >= 15 is 0 Å². The van der Waals surface area contributed by atoms with Crippen molar-refractivity contribution in [2.24, 2.45) is 0 Å². The molecule has 136 valence electrons. The Balaban J connectivity index is 1.57. The number of fused-ring (bicyclic) bond motifs is 1. The van der Waals surface area contributed by atoms with Gasteiger partial charge in [-0.05, 0) is 34.5 Å². The zero-order valence-corrected chi connectivity index (χ0v) is 14.8. The molecule has 3 aromatic carbocycles. The summed E-state index contributed by atoms with van der Waals surface area (Å²) < 4.78 is 10.2. The molecule has 27 heavy (non-hydrogen) atoms. The van der Waals surface area contributed by atoms with E-state index in [9.17, 15) is 9.59 Å². The summed E-state index contributed by atoms with van der Waals surface area (Å²) in [7, 11) is 1.52. The van der Waals surface area contributed by atoms with Crippen LogP contribution in [0.3, 0.4) is 0 Å². The first-order valence-electron chi connectivity index (χ1n) is 8.43. The van der Waals surface area contributed by atoms with Crippen molar-refractivity contribution < 1.29 is 19.1 Å². The molecule has 5 heteroatoms. The van der Waals surface area contributed by atoms with E-state index < -0.39 is 11.9 Å². The number of anilines is 1. The lowest BCUT2D eigenvalue weighted by atomic mass is 10.0. The number of ether oxygens (including phenoxy) is 2. The predicted octanol–water partition coefficient (Wildman–Crippen LogP) is 4.04. The Labute approximate surface area is 157 Å². The Kier molecular flexibility index (Phi) is 5.84. The third-order valence-corrected chi connectivity index (χ3v) is 3.95. The lowest BCUT2D eigenvalue weighted by molar-refractivity contribution is -0.142. The van der Waals surface area contributed by atoms with Crippen LogP contribution >= 0.6 is 0 Å². The minimum atomic E-state index is -0.585. The number of esters is 1. The highest BCUT2D eigenvalue weighted by Gasteiger charge is 2.09. The van der Waals surface area contributed by atoms with Gasteiger partial charge in [-0.3, -0.25) is 4.79 Å². The molecule has 3 rings (SSSR count). The van der Waals surface area contributed by atoms with E-state index in [1.807, 2.05) is 42.5 Å². The smallest absolute Gasteiger partial charge is 0.331 e. The van der Waals surface area contributed by atoms with Gasteiger partial charge in [0.1, 0.15) is 5.75 Å². The van der Waals surface area contributed by atoms with Crippen molar-refractivity contribution in [3.63, 3.8) is 0 Å². The Morgan fingerprint density at radius 3 is 2.56 bits per heavy atom. The zero-order chi connectivity index (χ0) is 19.1. The molecule has 5 nitrogen and oxygen atoms in total. The minimum Gasteiger partial charge on any atom is -0.495 e. The molecule has 0 aromatic heterocycles. The number of carbonyl (C=O) groups excluding carboxylic acids is 2. The van der Waals surface area contributed by atoms with E-state index in [0.717, 1.165) is 16.3 Å². The van der Waals surface area contributed by atoms with Crippen LogP contribution in [0.4, 0.5) is 5.69 Å². The molecule has 1 amide bonds. The van der Waals surface area contributed by atoms with Gasteiger partial charge in [0.25, 0.3) is 5.91 Å². The monoisotopic (exact) mass is 361 g/mol. The van der Waals surface area contributed by atoms with Crippen LogP contribution in [0.25, 0.3) is 16.8 Å². The van der Waals surface area contributed by atoms with Crippen LogP contribution in [0.2, 0.25) is 0 Å². The number of hydrogen-bond acceptors (Lipinski definition) is 4. The Hall–Kier alpha value is -3.60. The number of para-hydroxylation sites is 2. The average molecular weight is 361 g/mol. The van der Waals surface area contributed by atoms with Crippen molar-refractivity contribution in [3.8, 4) is 5.75 Å². The molecule has 0 saturated carbocycles. The van der Waals surface area contributed by atoms with Gasteiger partial charge in [-0.1, -0.05) is 54.6 Å². The Morgan fingerprint density at radius 1 is 0.963 bits per heavy atom. The molecule has 0 heterocycles. The number of methoxy groups -OCH3 is 1. The molecule has 0 spiro atoms. The molecule has 0 bridgehead atoms. The lowest BCUT2D eigenvalue weighted by Crippen LogP contribution is -2.20. The van der Waals surface area contributed by atoms with Crippen LogP contribution in [0, 0.1) is 0 Å². The molecular formula is C22H19NO4. The summed E-state index contributed by atoms with van der Waals surface area (Å²) in [6.45, 7) is -0.378. The van der Waals surface area contributed by atoms with Crippen molar-refractivity contribution in [1.29, 1.82) is 0 Å². The largest absolute Gasteiger partial charge is 0.495 e. The summed E-state index contributed by atoms with van der Waals surface area (Å²) in [5, 5.41) is 4.78. The first kappa shape index (κ1) is 18.2. The summed E-state index contributed by atoms with van der Waals surface area (Å²) in [4.78, 5) is 23.9. The number of benzene rings is 3. The van der Waals surface area contributed by atoms with Gasteiger partial charge in [-0.2, -0.15) is 0 Å². The van der Waals surface area contributed by atoms with E-state index in [0.29, 0.717) is 11.4 Å². The maximum Gasteiger partial charge on any atom is 0.331 e. The highest BCUT2D eigenvalue weighted by Crippen LogP contribution is 2.23. The van der Waals surface area contributed by atoms with Crippen molar-refractivity contribution in [2.45, 2.75) is 0 Å². The fourth-order valence-electron chi connectivity index (χ4n) is 2.67. The van der Waals surface area contributed by atoms with Crippen LogP contribution < -0.4 is 10.1 Å². The van der Waals surface area contributed by atoms with Crippen LogP contribution in [-0.4, -0.2) is 25.6 Å². The Morgan fingerprint density at radius 2 is 1.70 bits per heavy atom. The molecule has 1 N–H and O–H groups in total. The van der Waals surface area contributed by atoms with Crippen molar-refractivity contribution >= 4 is 34.4 Å². The van der Waals surface area contributed by atoms with Gasteiger partial charge in [-0.25, -0.2) is 4.79 Å². The van der Waals surface area contributed by atoms with Crippen molar-refractivity contribution in [2.75, 3.05) is 19.0 Å². The zero-order valence-electron chi connectivity index (χ0n) is 14.8. The first-order valence-corrected chi connectivity index (χ1v) is 8.43. The normalized spacial score (nSPS) is 10.7. The molecule has 3 aromatic rings. The molecule has 0 fully saturated rings. The molecule has 0 saturated heterocycles. The van der Waals surface area contributed by atoms with Gasteiger partial charge in [0, 0.05) is 6.08 Å². The van der Waals surface area contributed by atoms with Crippen LogP contribution in [0.5, 0.6) is 5.75 Å². The molecule has 0 aliphatic rings. The fraction of sp³-hybridized carbons (Fsp3) is 0.0909. The predicted molar refractivity (Wildman–Crippen MR) is 106 cm³/mol. The topological polar surface area (TPSA) is 64.6 Å². The molecule has 0 atom stereocenters. The number of rotatable bonds is 6. The van der Waals surface area contributed by atoms with Gasteiger partial charge in [0.15, 0.2) is 6.61 Å². The summed E-state index contributed by atoms with van der Waals surface area (Å²) in [5.41, 5.74) is 1.43. The second-order valence-electron chi connectivity index (χ2n) is 5.76. The maximum absolute atomic E-state index is 12.0. The van der Waals surface area contributed by atoms with Gasteiger partial charge in [0.2, 0.25) is 0 Å². The van der Waals surface area contributed by atoms with Crippen LogP contribution in [0.15, 0.2) is 72.8 Å². The highest BCUT2D eigenvalue weighted by molar-refractivity contribution is 5.97. The first-order chi connectivity index (χ1) is 13.2. The summed E-state index contributed by atoms with van der Waals surface area (Å²) in [5.74, 6) is -0.488. The number of amides is 1. The van der Waals surface area contributed by atoms with Gasteiger partial charge in [-0.15, -0.1) is 0 Å². The van der Waals surface area contributed by atoms with Crippen LogP contribution in [0.1, 0.15) is 5.56 Å². The average Bonchev–Trinajstić information content (AvgIpc) is 2.71. The fourth-order valence-corrected chi connectivity index (χ4v) is 2.67. The second-order valence-corrected chi connectivity index (χ2v) is 5.76. The molecule has 0 radical (unpaired) electrons. The lowest BCUT2D eigenvalue weighted by Gasteiger charge is -2.09. The molecule has 0 unspecified atom stereocenters. The van der Waals surface area contributed by atoms with E-state index in [1.54, 1.807) is 30.3 Å². The summed E-state index contributed by atoms with van der Waals surface area (Å²) >= 11 is 0.